The number of hydrogen-bond acceptors (Lipinski definition) is 4. The third-order valence-corrected chi connectivity index (χ3v) is 2.97. The first kappa shape index (κ1) is 15.7. The maximum atomic E-state index is 11.7. The summed E-state index contributed by atoms with van der Waals surface area (Å²) in [6.45, 7) is 5.20. The van der Waals surface area contributed by atoms with Crippen LogP contribution in [0.4, 0.5) is 0 Å². The molecule has 0 aliphatic rings. The van der Waals surface area contributed by atoms with Gasteiger partial charge in [0.05, 0.1) is 6.61 Å². The van der Waals surface area contributed by atoms with E-state index in [-0.39, 0.29) is 5.97 Å². The maximum absolute atomic E-state index is 11.7. The lowest BCUT2D eigenvalue weighted by Crippen LogP contribution is -2.54. The van der Waals surface area contributed by atoms with Gasteiger partial charge in [0.1, 0.15) is 5.54 Å². The molecule has 0 amide bonds. The maximum Gasteiger partial charge on any atom is 0.327 e. The van der Waals surface area contributed by atoms with Crippen LogP contribution in [0.2, 0.25) is 0 Å². The van der Waals surface area contributed by atoms with Crippen molar-refractivity contribution in [2.45, 2.75) is 25.8 Å². The number of rotatable bonds is 7. The Morgan fingerprint density at radius 3 is 2.58 bits per heavy atom. The van der Waals surface area contributed by atoms with Crippen LogP contribution in [0.1, 0.15) is 19.4 Å². The zero-order chi connectivity index (χ0) is 14.3. The Labute approximate surface area is 115 Å². The summed E-state index contributed by atoms with van der Waals surface area (Å²) in [5.41, 5.74) is 6.32. The van der Waals surface area contributed by atoms with Crippen molar-refractivity contribution in [2.75, 3.05) is 26.7 Å². The van der Waals surface area contributed by atoms with Gasteiger partial charge in [0.15, 0.2) is 0 Å². The lowest BCUT2D eigenvalue weighted by molar-refractivity contribution is -0.149. The van der Waals surface area contributed by atoms with Crippen molar-refractivity contribution in [3.8, 4) is 0 Å². The van der Waals surface area contributed by atoms with Gasteiger partial charge in [0.25, 0.3) is 0 Å². The van der Waals surface area contributed by atoms with Gasteiger partial charge >= 0.3 is 5.97 Å². The molecule has 4 heteroatoms. The van der Waals surface area contributed by atoms with Gasteiger partial charge in [0, 0.05) is 13.1 Å². The molecule has 0 saturated carbocycles. The lowest BCUT2D eigenvalue weighted by Gasteiger charge is -2.28. The smallest absolute Gasteiger partial charge is 0.327 e. The van der Waals surface area contributed by atoms with Gasteiger partial charge in [0.2, 0.25) is 0 Å². The van der Waals surface area contributed by atoms with Crippen molar-refractivity contribution in [1.82, 2.24) is 4.90 Å². The van der Waals surface area contributed by atoms with E-state index in [4.69, 9.17) is 10.5 Å². The van der Waals surface area contributed by atoms with Crippen LogP contribution in [-0.2, 0) is 16.0 Å². The van der Waals surface area contributed by atoms with E-state index in [9.17, 15) is 4.79 Å². The summed E-state index contributed by atoms with van der Waals surface area (Å²) in [5, 5.41) is 0. The molecule has 0 saturated heterocycles. The van der Waals surface area contributed by atoms with E-state index in [1.807, 2.05) is 25.2 Å². The molecule has 1 aromatic rings. The second-order valence-electron chi connectivity index (χ2n) is 5.11. The molecule has 1 aromatic carbocycles. The van der Waals surface area contributed by atoms with Gasteiger partial charge in [-0.15, -0.1) is 0 Å². The van der Waals surface area contributed by atoms with Crippen LogP contribution in [0.25, 0.3) is 0 Å². The number of nitrogens with zero attached hydrogens (tertiary/aromatic N) is 1. The molecule has 0 fully saturated rings. The molecule has 1 rings (SSSR count). The summed E-state index contributed by atoms with van der Waals surface area (Å²) >= 11 is 0. The molecule has 0 aliphatic carbocycles. The van der Waals surface area contributed by atoms with E-state index in [0.717, 1.165) is 13.0 Å². The SMILES string of the molecule is CCOC(=O)C(C)(N)CN(C)CCc1ccccc1. The standard InChI is InChI=1S/C15H24N2O2/c1-4-19-14(18)15(2,16)12-17(3)11-10-13-8-6-5-7-9-13/h5-9H,4,10-12,16H2,1-3H3. The normalized spacial score (nSPS) is 14.2. The van der Waals surface area contributed by atoms with E-state index in [1.54, 1.807) is 13.8 Å². The van der Waals surface area contributed by atoms with Gasteiger partial charge in [-0.25, -0.2) is 0 Å². The minimum absolute atomic E-state index is 0.346. The van der Waals surface area contributed by atoms with Crippen LogP contribution >= 0.6 is 0 Å². The molecule has 1 atom stereocenters. The summed E-state index contributed by atoms with van der Waals surface area (Å²) in [4.78, 5) is 13.8. The number of benzene rings is 1. The van der Waals surface area contributed by atoms with E-state index >= 15 is 0 Å². The highest BCUT2D eigenvalue weighted by atomic mass is 16.5. The summed E-state index contributed by atoms with van der Waals surface area (Å²) in [5.74, 6) is -0.346. The molecular weight excluding hydrogens is 240 g/mol. The fourth-order valence-corrected chi connectivity index (χ4v) is 1.96. The van der Waals surface area contributed by atoms with E-state index in [1.165, 1.54) is 5.56 Å². The summed E-state index contributed by atoms with van der Waals surface area (Å²) in [7, 11) is 1.97. The third-order valence-electron chi connectivity index (χ3n) is 2.97. The summed E-state index contributed by atoms with van der Waals surface area (Å²) < 4.78 is 4.98. The van der Waals surface area contributed by atoms with Gasteiger partial charge in [-0.05, 0) is 32.9 Å². The van der Waals surface area contributed by atoms with E-state index in [2.05, 4.69) is 17.0 Å². The minimum atomic E-state index is -0.957. The number of carbonyl (C=O) groups excluding carboxylic acids is 1. The first-order valence-corrected chi connectivity index (χ1v) is 6.64. The van der Waals surface area contributed by atoms with Crippen molar-refractivity contribution in [3.63, 3.8) is 0 Å². The topological polar surface area (TPSA) is 55.6 Å². The lowest BCUT2D eigenvalue weighted by atomic mass is 10.0. The number of esters is 1. The van der Waals surface area contributed by atoms with Gasteiger partial charge in [-0.3, -0.25) is 4.79 Å². The molecule has 4 nitrogen and oxygen atoms in total. The minimum Gasteiger partial charge on any atom is -0.465 e. The molecule has 0 bridgehead atoms. The largest absolute Gasteiger partial charge is 0.465 e. The quantitative estimate of drug-likeness (QED) is 0.757. The highest BCUT2D eigenvalue weighted by Gasteiger charge is 2.31. The van der Waals surface area contributed by atoms with Crippen molar-refractivity contribution >= 4 is 5.97 Å². The average molecular weight is 264 g/mol. The predicted octanol–water partition coefficient (Wildman–Crippen LogP) is 1.44. The van der Waals surface area contributed by atoms with E-state index in [0.29, 0.717) is 13.2 Å². The molecule has 0 heterocycles. The zero-order valence-electron chi connectivity index (χ0n) is 12.1. The number of carbonyl (C=O) groups is 1. The Hall–Kier alpha value is -1.39. The van der Waals surface area contributed by atoms with Crippen LogP contribution in [0.3, 0.4) is 0 Å². The van der Waals surface area contributed by atoms with Crippen molar-refractivity contribution < 1.29 is 9.53 Å². The van der Waals surface area contributed by atoms with E-state index < -0.39 is 5.54 Å². The second-order valence-corrected chi connectivity index (χ2v) is 5.11. The van der Waals surface area contributed by atoms with Crippen molar-refractivity contribution in [1.29, 1.82) is 0 Å². The van der Waals surface area contributed by atoms with Crippen molar-refractivity contribution in [2.24, 2.45) is 5.73 Å². The zero-order valence-corrected chi connectivity index (χ0v) is 12.1. The number of ether oxygens (including phenoxy) is 1. The van der Waals surface area contributed by atoms with Gasteiger partial charge in [-0.1, -0.05) is 30.3 Å². The number of likely N-dealkylation sites (N-methyl/N-ethyl adjacent to an activating group) is 1. The molecule has 106 valence electrons. The Bertz CT molecular complexity index is 390. The molecule has 0 spiro atoms. The fourth-order valence-electron chi connectivity index (χ4n) is 1.96. The number of hydrogen-bond donors (Lipinski definition) is 1. The van der Waals surface area contributed by atoms with Crippen LogP contribution in [0.15, 0.2) is 30.3 Å². The predicted molar refractivity (Wildman–Crippen MR) is 76.9 cm³/mol. The molecule has 1 unspecified atom stereocenters. The van der Waals surface area contributed by atoms with Gasteiger partial charge in [-0.2, -0.15) is 0 Å². The highest BCUT2D eigenvalue weighted by molar-refractivity contribution is 5.80. The second kappa shape index (κ2) is 7.26. The monoisotopic (exact) mass is 264 g/mol. The van der Waals surface area contributed by atoms with Crippen LogP contribution in [0.5, 0.6) is 0 Å². The molecule has 19 heavy (non-hydrogen) atoms. The molecular formula is C15H24N2O2. The van der Waals surface area contributed by atoms with Gasteiger partial charge < -0.3 is 15.4 Å². The average Bonchev–Trinajstić information content (AvgIpc) is 2.37. The first-order chi connectivity index (χ1) is 8.95. The van der Waals surface area contributed by atoms with Crippen LogP contribution < -0.4 is 5.73 Å². The Kier molecular flexibility index (Phi) is 5.99. The summed E-state index contributed by atoms with van der Waals surface area (Å²) in [6, 6.07) is 10.3. The Morgan fingerprint density at radius 1 is 1.37 bits per heavy atom. The fraction of sp³-hybridized carbons (Fsp3) is 0.533. The molecule has 0 aromatic heterocycles. The Balaban J connectivity index is 2.42. The molecule has 0 aliphatic heterocycles. The van der Waals surface area contributed by atoms with Crippen LogP contribution in [-0.4, -0.2) is 43.2 Å². The third kappa shape index (κ3) is 5.41. The Morgan fingerprint density at radius 2 is 2.00 bits per heavy atom. The molecule has 2 N–H and O–H groups in total. The first-order valence-electron chi connectivity index (χ1n) is 6.64. The van der Waals surface area contributed by atoms with Crippen LogP contribution in [0, 0.1) is 0 Å². The molecule has 0 radical (unpaired) electrons. The highest BCUT2D eigenvalue weighted by Crippen LogP contribution is 2.07. The number of nitrogens with two attached hydrogens (primary N) is 1. The van der Waals surface area contributed by atoms with Crippen molar-refractivity contribution in [3.05, 3.63) is 35.9 Å². The summed E-state index contributed by atoms with van der Waals surface area (Å²) in [6.07, 6.45) is 0.941.